The van der Waals surface area contributed by atoms with Gasteiger partial charge in [-0.15, -0.1) is 0 Å². The lowest BCUT2D eigenvalue weighted by atomic mass is 10.0. The smallest absolute Gasteiger partial charge is 0.416 e. The van der Waals surface area contributed by atoms with Crippen molar-refractivity contribution < 1.29 is 33.0 Å². The SMILES string of the molecule is COCCCOc1cc(C(=O)N(C[C@H]2CNC[C@H]2OC(=O)N(C)c2ccco2)C(C)C)ccc1OC. The summed E-state index contributed by atoms with van der Waals surface area (Å²) in [5.41, 5.74) is 0.503. The van der Waals surface area contributed by atoms with Crippen molar-refractivity contribution in [2.24, 2.45) is 5.92 Å². The number of carbonyl (C=O) groups is 2. The highest BCUT2D eigenvalue weighted by Gasteiger charge is 2.35. The van der Waals surface area contributed by atoms with Crippen molar-refractivity contribution in [1.29, 1.82) is 0 Å². The molecule has 1 aliphatic heterocycles. The highest BCUT2D eigenvalue weighted by molar-refractivity contribution is 5.95. The van der Waals surface area contributed by atoms with Gasteiger partial charge < -0.3 is 33.6 Å². The number of rotatable bonds is 12. The van der Waals surface area contributed by atoms with E-state index < -0.39 is 6.09 Å². The van der Waals surface area contributed by atoms with Crippen LogP contribution in [-0.2, 0) is 9.47 Å². The first-order chi connectivity index (χ1) is 17.3. The lowest BCUT2D eigenvalue weighted by Crippen LogP contribution is -2.44. The van der Waals surface area contributed by atoms with Crippen LogP contribution in [0.5, 0.6) is 11.5 Å². The van der Waals surface area contributed by atoms with E-state index in [0.717, 1.165) is 6.42 Å². The summed E-state index contributed by atoms with van der Waals surface area (Å²) in [6.45, 7) is 6.56. The number of ether oxygens (including phenoxy) is 4. The molecule has 36 heavy (non-hydrogen) atoms. The van der Waals surface area contributed by atoms with Crippen LogP contribution in [0, 0.1) is 5.92 Å². The molecule has 1 N–H and O–H groups in total. The average molecular weight is 504 g/mol. The molecule has 0 spiro atoms. The Kier molecular flexibility index (Phi) is 10.0. The van der Waals surface area contributed by atoms with Crippen molar-refractivity contribution >= 4 is 17.9 Å². The topological polar surface area (TPSA) is 103 Å². The van der Waals surface area contributed by atoms with E-state index >= 15 is 0 Å². The van der Waals surface area contributed by atoms with Gasteiger partial charge in [-0.3, -0.25) is 9.69 Å². The minimum absolute atomic E-state index is 0.0617. The van der Waals surface area contributed by atoms with Gasteiger partial charge in [0.2, 0.25) is 5.88 Å². The third kappa shape index (κ3) is 6.92. The third-order valence-corrected chi connectivity index (χ3v) is 6.12. The molecule has 0 unspecified atom stereocenters. The second kappa shape index (κ2) is 13.2. The Morgan fingerprint density at radius 3 is 2.61 bits per heavy atom. The van der Waals surface area contributed by atoms with Crippen LogP contribution < -0.4 is 19.7 Å². The van der Waals surface area contributed by atoms with Crippen molar-refractivity contribution in [2.45, 2.75) is 32.4 Å². The Hall–Kier alpha value is -3.24. The molecule has 0 bridgehead atoms. The summed E-state index contributed by atoms with van der Waals surface area (Å²) in [6, 6.07) is 8.53. The molecular formula is C26H37N3O7. The van der Waals surface area contributed by atoms with Gasteiger partial charge in [-0.1, -0.05) is 0 Å². The molecule has 2 aromatic rings. The molecule has 2 heterocycles. The zero-order chi connectivity index (χ0) is 26.1. The number of hydrogen-bond donors (Lipinski definition) is 1. The summed E-state index contributed by atoms with van der Waals surface area (Å²) in [4.78, 5) is 29.3. The molecule has 10 heteroatoms. The quantitative estimate of drug-likeness (QED) is 0.440. The highest BCUT2D eigenvalue weighted by atomic mass is 16.6. The zero-order valence-corrected chi connectivity index (χ0v) is 21.7. The van der Waals surface area contributed by atoms with E-state index in [-0.39, 0.29) is 24.0 Å². The molecule has 1 saturated heterocycles. The van der Waals surface area contributed by atoms with Gasteiger partial charge in [-0.05, 0) is 38.1 Å². The van der Waals surface area contributed by atoms with Gasteiger partial charge in [-0.25, -0.2) is 4.79 Å². The number of nitrogens with one attached hydrogen (secondary N) is 1. The van der Waals surface area contributed by atoms with Crippen LogP contribution in [0.4, 0.5) is 10.7 Å². The first kappa shape index (κ1) is 27.3. The summed E-state index contributed by atoms with van der Waals surface area (Å²) in [7, 11) is 4.81. The monoisotopic (exact) mass is 503 g/mol. The molecule has 2 atom stereocenters. The lowest BCUT2D eigenvalue weighted by molar-refractivity contribution is 0.0540. The maximum absolute atomic E-state index is 13.6. The van der Waals surface area contributed by atoms with Crippen molar-refractivity contribution in [2.75, 3.05) is 59.0 Å². The lowest BCUT2D eigenvalue weighted by Gasteiger charge is -2.31. The molecule has 198 valence electrons. The van der Waals surface area contributed by atoms with E-state index in [1.807, 2.05) is 13.8 Å². The zero-order valence-electron chi connectivity index (χ0n) is 21.7. The van der Waals surface area contributed by atoms with Gasteiger partial charge in [0, 0.05) is 70.4 Å². The molecule has 0 radical (unpaired) electrons. The Balaban J connectivity index is 1.69. The second-order valence-electron chi connectivity index (χ2n) is 8.96. The van der Waals surface area contributed by atoms with Gasteiger partial charge in [0.15, 0.2) is 11.5 Å². The van der Waals surface area contributed by atoms with E-state index in [1.54, 1.807) is 56.5 Å². The van der Waals surface area contributed by atoms with Gasteiger partial charge in [0.1, 0.15) is 6.10 Å². The van der Waals surface area contributed by atoms with E-state index in [9.17, 15) is 9.59 Å². The summed E-state index contributed by atoms with van der Waals surface area (Å²) in [5.74, 6) is 1.29. The highest BCUT2D eigenvalue weighted by Crippen LogP contribution is 2.29. The molecule has 1 fully saturated rings. The van der Waals surface area contributed by atoms with Crippen LogP contribution in [0.1, 0.15) is 30.6 Å². The maximum Gasteiger partial charge on any atom is 0.416 e. The van der Waals surface area contributed by atoms with Crippen LogP contribution in [0.2, 0.25) is 0 Å². The Morgan fingerprint density at radius 1 is 1.14 bits per heavy atom. The van der Waals surface area contributed by atoms with Crippen molar-refractivity contribution in [3.63, 3.8) is 0 Å². The predicted molar refractivity (Wildman–Crippen MR) is 135 cm³/mol. The molecule has 1 aromatic carbocycles. The standard InChI is InChI=1S/C26H37N3O7/c1-18(2)29(25(30)19-9-10-21(33-5)22(14-19)34-13-7-11-32-4)17-20-15-27-16-23(20)36-26(31)28(3)24-8-6-12-35-24/h6,8-10,12,14,18,20,23,27H,7,11,13,15-17H2,1-5H3/t20-,23-/m1/s1. The normalized spacial score (nSPS) is 17.2. The van der Waals surface area contributed by atoms with Crippen LogP contribution in [0.3, 0.4) is 0 Å². The number of methoxy groups -OCH3 is 2. The van der Waals surface area contributed by atoms with Crippen molar-refractivity contribution in [1.82, 2.24) is 10.2 Å². The van der Waals surface area contributed by atoms with E-state index in [4.69, 9.17) is 23.4 Å². The van der Waals surface area contributed by atoms with Crippen molar-refractivity contribution in [3.05, 3.63) is 42.2 Å². The van der Waals surface area contributed by atoms with Gasteiger partial charge in [0.25, 0.3) is 5.91 Å². The molecule has 10 nitrogen and oxygen atoms in total. The van der Waals surface area contributed by atoms with Gasteiger partial charge >= 0.3 is 6.09 Å². The van der Waals surface area contributed by atoms with Crippen LogP contribution >= 0.6 is 0 Å². The van der Waals surface area contributed by atoms with Gasteiger partial charge in [0.05, 0.1) is 20.0 Å². The molecule has 3 rings (SSSR count). The number of amides is 2. The van der Waals surface area contributed by atoms with E-state index in [2.05, 4.69) is 5.32 Å². The number of anilines is 1. The first-order valence-electron chi connectivity index (χ1n) is 12.1. The number of furan rings is 1. The fraction of sp³-hybridized carbons (Fsp3) is 0.538. The molecule has 2 amide bonds. The predicted octanol–water partition coefficient (Wildman–Crippen LogP) is 3.42. The fourth-order valence-corrected chi connectivity index (χ4v) is 4.04. The number of carbonyl (C=O) groups excluding carboxylic acids is 2. The van der Waals surface area contributed by atoms with Crippen LogP contribution in [0.15, 0.2) is 41.0 Å². The summed E-state index contributed by atoms with van der Waals surface area (Å²) < 4.78 is 27.4. The molecular weight excluding hydrogens is 466 g/mol. The van der Waals surface area contributed by atoms with E-state index in [1.165, 1.54) is 11.2 Å². The third-order valence-electron chi connectivity index (χ3n) is 6.12. The van der Waals surface area contributed by atoms with Crippen LogP contribution in [0.25, 0.3) is 0 Å². The van der Waals surface area contributed by atoms with Crippen LogP contribution in [-0.4, -0.2) is 83.2 Å². The molecule has 1 aliphatic rings. The number of nitrogens with zero attached hydrogens (tertiary/aromatic N) is 2. The molecule has 0 saturated carbocycles. The van der Waals surface area contributed by atoms with Crippen molar-refractivity contribution in [3.8, 4) is 11.5 Å². The minimum Gasteiger partial charge on any atom is -0.493 e. The maximum atomic E-state index is 13.6. The Morgan fingerprint density at radius 2 is 1.94 bits per heavy atom. The molecule has 0 aliphatic carbocycles. The second-order valence-corrected chi connectivity index (χ2v) is 8.96. The largest absolute Gasteiger partial charge is 0.493 e. The Labute approximate surface area is 212 Å². The number of benzene rings is 1. The average Bonchev–Trinajstić information content (AvgIpc) is 3.56. The molecule has 1 aromatic heterocycles. The Bertz CT molecular complexity index is 980. The summed E-state index contributed by atoms with van der Waals surface area (Å²) in [5, 5.41) is 3.28. The van der Waals surface area contributed by atoms with E-state index in [0.29, 0.717) is 55.8 Å². The first-order valence-corrected chi connectivity index (χ1v) is 12.1. The minimum atomic E-state index is -0.503. The summed E-state index contributed by atoms with van der Waals surface area (Å²) in [6.07, 6.45) is 1.34. The number of hydrogen-bond acceptors (Lipinski definition) is 8. The summed E-state index contributed by atoms with van der Waals surface area (Å²) >= 11 is 0. The fourth-order valence-electron chi connectivity index (χ4n) is 4.04. The van der Waals surface area contributed by atoms with Gasteiger partial charge in [-0.2, -0.15) is 0 Å².